The number of nitrogens with one attached hydrogen (secondary N) is 1. The van der Waals surface area contributed by atoms with Gasteiger partial charge >= 0.3 is 0 Å². The van der Waals surface area contributed by atoms with Gasteiger partial charge in [-0.2, -0.15) is 0 Å². The molecule has 5 heteroatoms. The fraction of sp³-hybridized carbons (Fsp3) is 0.556. The molecule has 0 saturated carbocycles. The Labute approximate surface area is 85.2 Å². The van der Waals surface area contributed by atoms with Crippen molar-refractivity contribution in [1.82, 2.24) is 5.32 Å². The number of carbonyl (C=O) groups is 2. The minimum Gasteiger partial charge on any atom is -0.292 e. The summed E-state index contributed by atoms with van der Waals surface area (Å²) in [5.74, 6) is -0.721. The quantitative estimate of drug-likeness (QED) is 0.533. The van der Waals surface area contributed by atoms with Crippen molar-refractivity contribution in [3.63, 3.8) is 0 Å². The molecular weight excluding hydrogens is 202 g/mol. The van der Waals surface area contributed by atoms with Crippen LogP contribution < -0.4 is 5.32 Å². The van der Waals surface area contributed by atoms with E-state index in [0.717, 1.165) is 0 Å². The maximum Gasteiger partial charge on any atom is 0.255 e. The maximum atomic E-state index is 11.5. The minimum absolute atomic E-state index is 0.308. The summed E-state index contributed by atoms with van der Waals surface area (Å²) in [6, 6.07) is 0. The molecule has 1 aliphatic heterocycles. The second-order valence-corrected chi connectivity index (χ2v) is 5.02. The van der Waals surface area contributed by atoms with E-state index in [9.17, 15) is 13.8 Å². The second-order valence-electron chi connectivity index (χ2n) is 3.14. The van der Waals surface area contributed by atoms with Gasteiger partial charge in [0.1, 0.15) is 0 Å². The summed E-state index contributed by atoms with van der Waals surface area (Å²) in [6.07, 6.45) is 0. The van der Waals surface area contributed by atoms with Crippen LogP contribution in [0.1, 0.15) is 20.8 Å². The first kappa shape index (κ1) is 11.1. The van der Waals surface area contributed by atoms with Crippen molar-refractivity contribution in [2.24, 2.45) is 5.92 Å². The monoisotopic (exact) mass is 215 g/mol. The van der Waals surface area contributed by atoms with E-state index in [-0.39, 0.29) is 5.91 Å². The van der Waals surface area contributed by atoms with Crippen LogP contribution in [0.25, 0.3) is 0 Å². The molecule has 4 nitrogen and oxygen atoms in total. The SMILES string of the molecule is CCS(=O)/C(C)=C1\C(=O)NC(=O)C1C. The summed E-state index contributed by atoms with van der Waals surface area (Å²) >= 11 is 0. The van der Waals surface area contributed by atoms with E-state index in [1.165, 1.54) is 0 Å². The first-order chi connectivity index (χ1) is 6.49. The summed E-state index contributed by atoms with van der Waals surface area (Å²) in [7, 11) is -1.15. The van der Waals surface area contributed by atoms with Crippen LogP contribution in [0.15, 0.2) is 10.5 Å². The summed E-state index contributed by atoms with van der Waals surface area (Å²) in [5, 5.41) is 2.21. The molecule has 2 amide bonds. The van der Waals surface area contributed by atoms with Crippen LogP contribution in [-0.2, 0) is 20.4 Å². The molecule has 0 bridgehead atoms. The molecule has 0 aromatic heterocycles. The molecule has 0 aromatic rings. The van der Waals surface area contributed by atoms with Gasteiger partial charge in [-0.25, -0.2) is 0 Å². The third-order valence-corrected chi connectivity index (χ3v) is 3.72. The van der Waals surface area contributed by atoms with Crippen LogP contribution in [-0.4, -0.2) is 21.8 Å². The van der Waals surface area contributed by atoms with Gasteiger partial charge in [0.15, 0.2) is 0 Å². The highest BCUT2D eigenvalue weighted by molar-refractivity contribution is 7.88. The minimum atomic E-state index is -1.15. The van der Waals surface area contributed by atoms with Crippen LogP contribution in [0, 0.1) is 5.92 Å². The van der Waals surface area contributed by atoms with Gasteiger partial charge in [0.2, 0.25) is 5.91 Å². The van der Waals surface area contributed by atoms with E-state index in [1.54, 1.807) is 20.8 Å². The molecule has 1 aliphatic rings. The average molecular weight is 215 g/mol. The van der Waals surface area contributed by atoms with Crippen LogP contribution >= 0.6 is 0 Å². The fourth-order valence-electron chi connectivity index (χ4n) is 1.42. The summed E-state index contributed by atoms with van der Waals surface area (Å²) < 4.78 is 11.5. The van der Waals surface area contributed by atoms with Crippen LogP contribution in [0.5, 0.6) is 0 Å². The van der Waals surface area contributed by atoms with Crippen molar-refractivity contribution in [1.29, 1.82) is 0 Å². The van der Waals surface area contributed by atoms with Gasteiger partial charge in [0.05, 0.1) is 5.92 Å². The molecule has 0 aliphatic carbocycles. The molecular formula is C9H13NO3S. The molecule has 14 heavy (non-hydrogen) atoms. The number of rotatable bonds is 2. The number of imide groups is 1. The molecule has 78 valence electrons. The zero-order chi connectivity index (χ0) is 10.9. The highest BCUT2D eigenvalue weighted by Gasteiger charge is 2.34. The summed E-state index contributed by atoms with van der Waals surface area (Å²) in [6.45, 7) is 5.06. The molecule has 2 atom stereocenters. The lowest BCUT2D eigenvalue weighted by Gasteiger charge is -2.05. The lowest BCUT2D eigenvalue weighted by Crippen LogP contribution is -2.21. The van der Waals surface area contributed by atoms with Crippen molar-refractivity contribution in [3.8, 4) is 0 Å². The van der Waals surface area contributed by atoms with Crippen molar-refractivity contribution in [2.45, 2.75) is 20.8 Å². The van der Waals surface area contributed by atoms with E-state index in [1.807, 2.05) is 0 Å². The molecule has 1 fully saturated rings. The summed E-state index contributed by atoms with van der Waals surface area (Å²) in [5.41, 5.74) is 0.371. The Morgan fingerprint density at radius 2 is 2.07 bits per heavy atom. The number of carbonyl (C=O) groups excluding carboxylic acids is 2. The van der Waals surface area contributed by atoms with Crippen LogP contribution in [0.3, 0.4) is 0 Å². The highest BCUT2D eigenvalue weighted by atomic mass is 32.2. The zero-order valence-electron chi connectivity index (χ0n) is 8.42. The Morgan fingerprint density at radius 3 is 2.43 bits per heavy atom. The smallest absolute Gasteiger partial charge is 0.255 e. The van der Waals surface area contributed by atoms with Gasteiger partial charge < -0.3 is 0 Å². The predicted molar refractivity (Wildman–Crippen MR) is 53.7 cm³/mol. The third kappa shape index (κ3) is 1.77. The van der Waals surface area contributed by atoms with Gasteiger partial charge in [-0.3, -0.25) is 19.1 Å². The van der Waals surface area contributed by atoms with Gasteiger partial charge in [-0.15, -0.1) is 0 Å². The fourth-order valence-corrected chi connectivity index (χ4v) is 2.37. The molecule has 1 N–H and O–H groups in total. The van der Waals surface area contributed by atoms with Gasteiger partial charge in [0.25, 0.3) is 5.91 Å². The number of allylic oxidation sites excluding steroid dienone is 1. The number of hydrogen-bond donors (Lipinski definition) is 1. The highest BCUT2D eigenvalue weighted by Crippen LogP contribution is 2.23. The Hall–Kier alpha value is -0.970. The lowest BCUT2D eigenvalue weighted by atomic mass is 10.0. The summed E-state index contributed by atoms with van der Waals surface area (Å²) in [4.78, 5) is 23.0. The van der Waals surface area contributed by atoms with Crippen molar-refractivity contribution in [3.05, 3.63) is 10.5 Å². The molecule has 0 aromatic carbocycles. The van der Waals surface area contributed by atoms with Crippen LogP contribution in [0.2, 0.25) is 0 Å². The molecule has 1 heterocycles. The van der Waals surface area contributed by atoms with Crippen molar-refractivity contribution < 1.29 is 13.8 Å². The second kappa shape index (κ2) is 4.04. The first-order valence-electron chi connectivity index (χ1n) is 4.43. The Kier molecular flexibility index (Phi) is 3.21. The lowest BCUT2D eigenvalue weighted by molar-refractivity contribution is -0.125. The zero-order valence-corrected chi connectivity index (χ0v) is 9.23. The van der Waals surface area contributed by atoms with Crippen molar-refractivity contribution >= 4 is 22.6 Å². The van der Waals surface area contributed by atoms with E-state index in [2.05, 4.69) is 5.32 Å². The van der Waals surface area contributed by atoms with Crippen molar-refractivity contribution in [2.75, 3.05) is 5.75 Å². The normalized spacial score (nSPS) is 27.5. The van der Waals surface area contributed by atoms with Crippen LogP contribution in [0.4, 0.5) is 0 Å². The van der Waals surface area contributed by atoms with E-state index < -0.39 is 22.6 Å². The van der Waals surface area contributed by atoms with E-state index >= 15 is 0 Å². The first-order valence-corrected chi connectivity index (χ1v) is 5.75. The third-order valence-electron chi connectivity index (χ3n) is 2.29. The maximum absolute atomic E-state index is 11.5. The number of amides is 2. The molecule has 2 unspecified atom stereocenters. The topological polar surface area (TPSA) is 63.2 Å². The Bertz CT molecular complexity index is 346. The predicted octanol–water partition coefficient (Wildman–Crippen LogP) is 0.321. The standard InChI is InChI=1S/C9H13NO3S/c1-4-14(13)6(3)7-5(2)8(11)10-9(7)12/h5H,4H2,1-3H3,(H,10,11,12)/b7-6-. The molecule has 0 radical (unpaired) electrons. The van der Waals surface area contributed by atoms with Gasteiger partial charge in [-0.1, -0.05) is 6.92 Å². The van der Waals surface area contributed by atoms with E-state index in [0.29, 0.717) is 16.2 Å². The molecule has 1 saturated heterocycles. The Balaban J connectivity index is 3.13. The average Bonchev–Trinajstić information content (AvgIpc) is 2.39. The number of hydrogen-bond acceptors (Lipinski definition) is 3. The largest absolute Gasteiger partial charge is 0.292 e. The Morgan fingerprint density at radius 1 is 1.50 bits per heavy atom. The van der Waals surface area contributed by atoms with E-state index in [4.69, 9.17) is 0 Å². The molecule has 0 spiro atoms. The van der Waals surface area contributed by atoms with Gasteiger partial charge in [0, 0.05) is 27.0 Å². The molecule has 1 rings (SSSR count). The van der Waals surface area contributed by atoms with Gasteiger partial charge in [-0.05, 0) is 13.8 Å².